The van der Waals surface area contributed by atoms with Crippen molar-refractivity contribution >= 4 is 0 Å². The van der Waals surface area contributed by atoms with Crippen LogP contribution in [0.15, 0.2) is 0 Å². The summed E-state index contributed by atoms with van der Waals surface area (Å²) in [7, 11) is 0. The van der Waals surface area contributed by atoms with Crippen LogP contribution < -0.4 is 10.6 Å². The molecule has 0 aromatic carbocycles. The molecule has 2 bridgehead atoms. The van der Waals surface area contributed by atoms with Crippen molar-refractivity contribution in [2.75, 3.05) is 13.1 Å². The van der Waals surface area contributed by atoms with Crippen molar-refractivity contribution in [3.8, 4) is 0 Å². The molecule has 3 heteroatoms. The van der Waals surface area contributed by atoms with Gasteiger partial charge < -0.3 is 15.7 Å². The molecule has 3 N–H and O–H groups in total. The number of hydrogen-bond acceptors (Lipinski definition) is 3. The smallest absolute Gasteiger partial charge is 0.0746 e. The predicted octanol–water partition coefficient (Wildman–Crippen LogP) is -0.929. The van der Waals surface area contributed by atoms with Gasteiger partial charge in [0.25, 0.3) is 0 Å². The van der Waals surface area contributed by atoms with E-state index in [9.17, 15) is 5.11 Å². The van der Waals surface area contributed by atoms with Gasteiger partial charge in [-0.1, -0.05) is 0 Å². The van der Waals surface area contributed by atoms with Gasteiger partial charge in [0, 0.05) is 19.1 Å². The van der Waals surface area contributed by atoms with Crippen LogP contribution in [0.4, 0.5) is 0 Å². The monoisotopic (exact) mass is 142 g/mol. The second-order valence-electron chi connectivity index (χ2n) is 3.64. The van der Waals surface area contributed by atoms with Crippen LogP contribution in [-0.2, 0) is 0 Å². The molecule has 2 fully saturated rings. The Morgan fingerprint density at radius 2 is 2.40 bits per heavy atom. The Morgan fingerprint density at radius 1 is 1.60 bits per heavy atom. The van der Waals surface area contributed by atoms with E-state index in [1.807, 2.05) is 0 Å². The first-order valence-corrected chi connectivity index (χ1v) is 3.87. The number of aliphatic hydroxyl groups excluding tert-OH is 1. The fourth-order valence-electron chi connectivity index (χ4n) is 1.96. The number of aliphatic hydroxyl groups is 1. The van der Waals surface area contributed by atoms with E-state index in [1.165, 1.54) is 0 Å². The van der Waals surface area contributed by atoms with Crippen LogP contribution in [0.2, 0.25) is 0 Å². The summed E-state index contributed by atoms with van der Waals surface area (Å²) >= 11 is 0. The maximum absolute atomic E-state index is 9.56. The van der Waals surface area contributed by atoms with Gasteiger partial charge in [-0.2, -0.15) is 0 Å². The summed E-state index contributed by atoms with van der Waals surface area (Å²) in [6.45, 7) is 3.97. The Balaban J connectivity index is 2.18. The highest BCUT2D eigenvalue weighted by molar-refractivity contribution is 5.06. The van der Waals surface area contributed by atoms with E-state index in [1.54, 1.807) is 0 Å². The summed E-state index contributed by atoms with van der Waals surface area (Å²) in [5.41, 5.74) is -0.0527. The average Bonchev–Trinajstić information content (AvgIpc) is 2.04. The SMILES string of the molecule is C[C@]12CNCC(CC1O)N2. The first-order valence-electron chi connectivity index (χ1n) is 3.87. The average molecular weight is 142 g/mol. The van der Waals surface area contributed by atoms with Crippen molar-refractivity contribution in [3.63, 3.8) is 0 Å². The van der Waals surface area contributed by atoms with Crippen molar-refractivity contribution in [1.82, 2.24) is 10.6 Å². The molecule has 0 spiro atoms. The highest BCUT2D eigenvalue weighted by atomic mass is 16.3. The molecule has 2 rings (SSSR count). The molecular weight excluding hydrogens is 128 g/mol. The van der Waals surface area contributed by atoms with Crippen molar-refractivity contribution < 1.29 is 5.11 Å². The molecule has 3 atom stereocenters. The first-order chi connectivity index (χ1) is 4.71. The molecule has 2 aliphatic rings. The second-order valence-corrected chi connectivity index (χ2v) is 3.64. The van der Waals surface area contributed by atoms with Crippen LogP contribution in [0, 0.1) is 0 Å². The highest BCUT2D eigenvalue weighted by Gasteiger charge is 2.44. The van der Waals surface area contributed by atoms with Crippen LogP contribution >= 0.6 is 0 Å². The molecule has 0 amide bonds. The normalized spacial score (nSPS) is 53.4. The van der Waals surface area contributed by atoms with Crippen LogP contribution in [0.5, 0.6) is 0 Å². The van der Waals surface area contributed by atoms with Crippen molar-refractivity contribution in [3.05, 3.63) is 0 Å². The Hall–Kier alpha value is -0.120. The van der Waals surface area contributed by atoms with E-state index in [2.05, 4.69) is 17.6 Å². The molecule has 2 aliphatic heterocycles. The molecule has 3 nitrogen and oxygen atoms in total. The van der Waals surface area contributed by atoms with Crippen LogP contribution in [0.3, 0.4) is 0 Å². The number of fused-ring (bicyclic) bond motifs is 2. The maximum atomic E-state index is 9.56. The summed E-state index contributed by atoms with van der Waals surface area (Å²) in [6, 6.07) is 0.494. The minimum absolute atomic E-state index is 0.0527. The van der Waals surface area contributed by atoms with E-state index in [0.29, 0.717) is 6.04 Å². The molecule has 10 heavy (non-hydrogen) atoms. The molecule has 2 unspecified atom stereocenters. The molecule has 2 heterocycles. The Kier molecular flexibility index (Phi) is 1.27. The van der Waals surface area contributed by atoms with E-state index >= 15 is 0 Å². The molecule has 0 saturated carbocycles. The van der Waals surface area contributed by atoms with Gasteiger partial charge >= 0.3 is 0 Å². The largest absolute Gasteiger partial charge is 0.391 e. The number of nitrogens with one attached hydrogen (secondary N) is 2. The summed E-state index contributed by atoms with van der Waals surface area (Å²) < 4.78 is 0. The number of piperazine rings is 1. The third kappa shape index (κ3) is 0.779. The minimum Gasteiger partial charge on any atom is -0.391 e. The lowest BCUT2D eigenvalue weighted by atomic mass is 9.98. The predicted molar refractivity (Wildman–Crippen MR) is 38.8 cm³/mol. The third-order valence-corrected chi connectivity index (χ3v) is 2.66. The van der Waals surface area contributed by atoms with Gasteiger partial charge in [-0.15, -0.1) is 0 Å². The Morgan fingerprint density at radius 3 is 3.00 bits per heavy atom. The van der Waals surface area contributed by atoms with Crippen molar-refractivity contribution in [2.24, 2.45) is 0 Å². The van der Waals surface area contributed by atoms with Gasteiger partial charge in [-0.05, 0) is 13.3 Å². The molecular formula is C7H14N2O. The molecule has 58 valence electrons. The zero-order valence-electron chi connectivity index (χ0n) is 6.22. The maximum Gasteiger partial charge on any atom is 0.0746 e. The minimum atomic E-state index is -0.160. The van der Waals surface area contributed by atoms with E-state index in [4.69, 9.17) is 0 Å². The molecule has 2 saturated heterocycles. The summed E-state index contributed by atoms with van der Waals surface area (Å²) in [4.78, 5) is 0. The van der Waals surface area contributed by atoms with E-state index in [-0.39, 0.29) is 11.6 Å². The number of hydrogen-bond donors (Lipinski definition) is 3. The van der Waals surface area contributed by atoms with Gasteiger partial charge in [0.05, 0.1) is 11.6 Å². The Bertz CT molecular complexity index is 151. The van der Waals surface area contributed by atoms with Crippen LogP contribution in [-0.4, -0.2) is 35.9 Å². The third-order valence-electron chi connectivity index (χ3n) is 2.66. The molecule has 0 aliphatic carbocycles. The number of rotatable bonds is 0. The fraction of sp³-hybridized carbons (Fsp3) is 1.00. The lowest BCUT2D eigenvalue weighted by Crippen LogP contribution is -2.59. The second kappa shape index (κ2) is 1.94. The standard InChI is InChI=1S/C7H14N2O/c1-7-4-8-3-5(9-7)2-6(7)10/h5-6,8-10H,2-4H2,1H3/t5?,6?,7-/m0/s1. The van der Waals surface area contributed by atoms with E-state index < -0.39 is 0 Å². The van der Waals surface area contributed by atoms with Gasteiger partial charge in [-0.3, -0.25) is 0 Å². The molecule has 0 radical (unpaired) electrons. The quantitative estimate of drug-likeness (QED) is 0.409. The zero-order valence-corrected chi connectivity index (χ0v) is 6.22. The summed E-state index contributed by atoms with van der Waals surface area (Å²) in [5, 5.41) is 16.3. The van der Waals surface area contributed by atoms with Crippen LogP contribution in [0.1, 0.15) is 13.3 Å². The zero-order chi connectivity index (χ0) is 7.19. The van der Waals surface area contributed by atoms with Gasteiger partial charge in [0.15, 0.2) is 0 Å². The van der Waals surface area contributed by atoms with Crippen LogP contribution in [0.25, 0.3) is 0 Å². The summed E-state index contributed by atoms with van der Waals surface area (Å²) in [6.07, 6.45) is 0.747. The Labute approximate surface area is 60.8 Å². The lowest BCUT2D eigenvalue weighted by Gasteiger charge is -2.33. The highest BCUT2D eigenvalue weighted by Crippen LogP contribution is 2.25. The van der Waals surface area contributed by atoms with Crippen molar-refractivity contribution in [2.45, 2.75) is 31.0 Å². The van der Waals surface area contributed by atoms with Crippen molar-refractivity contribution in [1.29, 1.82) is 0 Å². The van der Waals surface area contributed by atoms with E-state index in [0.717, 1.165) is 19.5 Å². The summed E-state index contributed by atoms with van der Waals surface area (Å²) in [5.74, 6) is 0. The van der Waals surface area contributed by atoms with Gasteiger partial charge in [0.1, 0.15) is 0 Å². The first kappa shape index (κ1) is 6.58. The topological polar surface area (TPSA) is 44.3 Å². The lowest BCUT2D eigenvalue weighted by molar-refractivity contribution is 0.107. The molecule has 0 aromatic heterocycles. The van der Waals surface area contributed by atoms with Gasteiger partial charge in [0.2, 0.25) is 0 Å². The van der Waals surface area contributed by atoms with Gasteiger partial charge in [-0.25, -0.2) is 0 Å². The fourth-order valence-corrected chi connectivity index (χ4v) is 1.96. The molecule has 0 aromatic rings.